The molecule has 5 aromatic heterocycles. The lowest BCUT2D eigenvalue weighted by atomic mass is 10.1. The first-order valence-electron chi connectivity index (χ1n) is 22.3. The molecule has 0 atom stereocenters. The smallest absolute Gasteiger partial charge is 0.159 e. The lowest BCUT2D eigenvalue weighted by molar-refractivity contribution is 0.666. The van der Waals surface area contributed by atoms with Crippen molar-refractivity contribution in [2.45, 2.75) is 0 Å². The monoisotopic (exact) mass is 828 g/mol. The highest BCUT2D eigenvalue weighted by atomic mass is 16.3. The van der Waals surface area contributed by atoms with Crippen LogP contribution >= 0.6 is 0 Å². The molecule has 0 N–H and O–H groups in total. The van der Waals surface area contributed by atoms with Crippen LogP contribution in [-0.4, -0.2) is 18.3 Å². The van der Waals surface area contributed by atoms with Gasteiger partial charge in [0, 0.05) is 70.9 Å². The highest BCUT2D eigenvalue weighted by molar-refractivity contribution is 6.16. The molecule has 5 nitrogen and oxygen atoms in total. The van der Waals surface area contributed by atoms with Crippen LogP contribution in [0.25, 0.3) is 132 Å². The Morgan fingerprint density at radius 1 is 0.231 bits per heavy atom. The molecule has 0 unspecified atom stereocenters. The molecule has 0 saturated carbocycles. The van der Waals surface area contributed by atoms with Crippen LogP contribution in [0.5, 0.6) is 0 Å². The number of hydrogen-bond donors (Lipinski definition) is 0. The minimum atomic E-state index is 0.894. The van der Waals surface area contributed by atoms with Crippen LogP contribution in [0.2, 0.25) is 0 Å². The van der Waals surface area contributed by atoms with Crippen LogP contribution in [0.1, 0.15) is 0 Å². The predicted molar refractivity (Wildman–Crippen MR) is 271 cm³/mol. The molecule has 0 aliphatic carbocycles. The minimum absolute atomic E-state index is 0.894. The summed E-state index contributed by atoms with van der Waals surface area (Å²) < 4.78 is 16.2. The zero-order valence-corrected chi connectivity index (χ0v) is 35.0. The summed E-state index contributed by atoms with van der Waals surface area (Å²) in [5, 5.41) is 12.1. The van der Waals surface area contributed by atoms with E-state index in [1.807, 2.05) is 6.07 Å². The third kappa shape index (κ3) is 4.71. The van der Waals surface area contributed by atoms with Gasteiger partial charge in [0.2, 0.25) is 0 Å². The Bertz CT molecular complexity index is 4440. The van der Waals surface area contributed by atoms with E-state index in [1.165, 1.54) is 76.2 Å². The summed E-state index contributed by atoms with van der Waals surface area (Å²) in [4.78, 5) is 0. The number of rotatable bonds is 4. The van der Waals surface area contributed by atoms with Crippen molar-refractivity contribution in [2.24, 2.45) is 0 Å². The maximum atomic E-state index is 6.59. The second-order valence-electron chi connectivity index (χ2n) is 17.3. The van der Waals surface area contributed by atoms with Gasteiger partial charge in [-0.2, -0.15) is 0 Å². The quantitative estimate of drug-likeness (QED) is 0.174. The largest absolute Gasteiger partial charge is 0.454 e. The van der Waals surface area contributed by atoms with E-state index in [4.69, 9.17) is 4.42 Å². The van der Waals surface area contributed by atoms with Gasteiger partial charge in [0.05, 0.1) is 49.8 Å². The Hall–Kier alpha value is -8.80. The molecule has 0 aliphatic rings. The fourth-order valence-corrected chi connectivity index (χ4v) is 11.2. The average Bonchev–Trinajstić information content (AvgIpc) is 4.16. The van der Waals surface area contributed by atoms with E-state index >= 15 is 0 Å². The maximum Gasteiger partial charge on any atom is 0.159 e. The summed E-state index contributed by atoms with van der Waals surface area (Å²) in [6.45, 7) is 0. The number of aromatic nitrogens is 4. The molecule has 15 aromatic rings. The maximum absolute atomic E-state index is 6.59. The summed E-state index contributed by atoms with van der Waals surface area (Å²) >= 11 is 0. The fraction of sp³-hybridized carbons (Fsp3) is 0. The molecule has 0 bridgehead atoms. The first-order chi connectivity index (χ1) is 32.3. The van der Waals surface area contributed by atoms with Crippen molar-refractivity contribution in [3.05, 3.63) is 218 Å². The molecular formula is C60H36N4O. The van der Waals surface area contributed by atoms with Crippen molar-refractivity contribution in [1.29, 1.82) is 0 Å². The van der Waals surface area contributed by atoms with E-state index < -0.39 is 0 Å². The van der Waals surface area contributed by atoms with Gasteiger partial charge >= 0.3 is 0 Å². The van der Waals surface area contributed by atoms with Gasteiger partial charge in [0.1, 0.15) is 5.58 Å². The molecule has 0 amide bonds. The normalized spacial score (nSPS) is 12.3. The minimum Gasteiger partial charge on any atom is -0.454 e. The van der Waals surface area contributed by atoms with Gasteiger partial charge in [0.25, 0.3) is 0 Å². The van der Waals surface area contributed by atoms with E-state index in [0.717, 1.165) is 55.7 Å². The molecule has 302 valence electrons. The molecule has 0 saturated heterocycles. The number of benzene rings is 10. The molecule has 0 fully saturated rings. The topological polar surface area (TPSA) is 32.9 Å². The molecule has 10 aromatic carbocycles. The lowest BCUT2D eigenvalue weighted by Crippen LogP contribution is -1.97. The van der Waals surface area contributed by atoms with Gasteiger partial charge in [-0.25, -0.2) is 0 Å². The average molecular weight is 829 g/mol. The van der Waals surface area contributed by atoms with Crippen molar-refractivity contribution in [1.82, 2.24) is 18.3 Å². The molecule has 0 radical (unpaired) electrons. The van der Waals surface area contributed by atoms with Gasteiger partial charge in [-0.05, 0) is 97.1 Å². The molecule has 0 aliphatic heterocycles. The van der Waals surface area contributed by atoms with Gasteiger partial charge in [-0.15, -0.1) is 0 Å². The Morgan fingerprint density at radius 2 is 0.554 bits per heavy atom. The van der Waals surface area contributed by atoms with Crippen molar-refractivity contribution in [3.63, 3.8) is 0 Å². The van der Waals surface area contributed by atoms with Crippen molar-refractivity contribution >= 4 is 109 Å². The third-order valence-electron chi connectivity index (χ3n) is 13.9. The highest BCUT2D eigenvalue weighted by Crippen LogP contribution is 2.42. The summed E-state index contributed by atoms with van der Waals surface area (Å²) in [5.41, 5.74) is 15.7. The summed E-state index contributed by atoms with van der Waals surface area (Å²) in [7, 11) is 0. The zero-order valence-electron chi connectivity index (χ0n) is 35.0. The summed E-state index contributed by atoms with van der Waals surface area (Å²) in [6.07, 6.45) is 0. The Balaban J connectivity index is 0.919. The lowest BCUT2D eigenvalue weighted by Gasteiger charge is -2.12. The van der Waals surface area contributed by atoms with E-state index in [9.17, 15) is 0 Å². The predicted octanol–water partition coefficient (Wildman–Crippen LogP) is 16.0. The SMILES string of the molecule is c1ccc2c(c1)oc1c(-n3c4ccccc4c4cc(-n5c6ccccc6c6cc(-n7c8ccccc8c8cc(-n9c%10ccccc%10c%10ccccc%109)ccc87)ccc65)ccc43)cccc12. The number of nitrogens with zero attached hydrogens (tertiary/aromatic N) is 4. The molecular weight excluding hydrogens is 793 g/mol. The Morgan fingerprint density at radius 3 is 1.00 bits per heavy atom. The second-order valence-corrected chi connectivity index (χ2v) is 17.3. The fourth-order valence-electron chi connectivity index (χ4n) is 11.2. The zero-order chi connectivity index (χ0) is 42.3. The van der Waals surface area contributed by atoms with Crippen LogP contribution < -0.4 is 0 Å². The van der Waals surface area contributed by atoms with Gasteiger partial charge < -0.3 is 22.7 Å². The van der Waals surface area contributed by atoms with Crippen LogP contribution in [0.4, 0.5) is 0 Å². The number of fused-ring (bicyclic) bond motifs is 15. The molecule has 15 rings (SSSR count). The number of para-hydroxylation sites is 7. The Labute approximate surface area is 371 Å². The van der Waals surface area contributed by atoms with Crippen molar-refractivity contribution in [3.8, 4) is 22.7 Å². The Kier molecular flexibility index (Phi) is 6.89. The van der Waals surface area contributed by atoms with Crippen LogP contribution in [0, 0.1) is 0 Å². The number of furan rings is 1. The van der Waals surface area contributed by atoms with Crippen LogP contribution in [0.15, 0.2) is 223 Å². The van der Waals surface area contributed by atoms with E-state index in [2.05, 4.69) is 231 Å². The molecule has 0 spiro atoms. The first kappa shape index (κ1) is 34.7. The molecule has 5 heteroatoms. The molecule has 65 heavy (non-hydrogen) atoms. The van der Waals surface area contributed by atoms with E-state index in [0.29, 0.717) is 0 Å². The van der Waals surface area contributed by atoms with Crippen LogP contribution in [-0.2, 0) is 0 Å². The highest BCUT2D eigenvalue weighted by Gasteiger charge is 2.21. The standard InChI is InChI=1S/C60H36N4O/c1-7-21-50-40(14-1)41-15-2-8-22-51(41)61(50)37-28-31-55-47(34-37)42-16-3-9-23-52(42)62(55)38-29-32-56-48(35-38)43-17-4-10-24-53(43)63(56)39-30-33-57-49(36-39)44-18-5-11-25-54(44)64(57)58-26-13-20-46-45-19-6-12-27-59(45)65-60(46)58/h1-36H. The first-order valence-corrected chi connectivity index (χ1v) is 22.3. The molecule has 5 heterocycles. The summed E-state index contributed by atoms with van der Waals surface area (Å²) in [6, 6.07) is 79.5. The van der Waals surface area contributed by atoms with E-state index in [-0.39, 0.29) is 0 Å². The van der Waals surface area contributed by atoms with Crippen LogP contribution in [0.3, 0.4) is 0 Å². The van der Waals surface area contributed by atoms with Crippen molar-refractivity contribution in [2.75, 3.05) is 0 Å². The second kappa shape index (κ2) is 12.9. The van der Waals surface area contributed by atoms with Gasteiger partial charge in [-0.3, -0.25) is 0 Å². The van der Waals surface area contributed by atoms with E-state index in [1.54, 1.807) is 0 Å². The summed E-state index contributed by atoms with van der Waals surface area (Å²) in [5.74, 6) is 0. The number of hydrogen-bond acceptors (Lipinski definition) is 1. The van der Waals surface area contributed by atoms with Gasteiger partial charge in [-0.1, -0.05) is 121 Å². The third-order valence-corrected chi connectivity index (χ3v) is 13.9. The van der Waals surface area contributed by atoms with Crippen molar-refractivity contribution < 1.29 is 4.42 Å². The van der Waals surface area contributed by atoms with Gasteiger partial charge in [0.15, 0.2) is 5.58 Å².